The normalized spacial score (nSPS) is 14.8. The third kappa shape index (κ3) is 2.93. The fourth-order valence-electron chi connectivity index (χ4n) is 2.45. The largest absolute Gasteiger partial charge is 0.354 e. The summed E-state index contributed by atoms with van der Waals surface area (Å²) in [7, 11) is 1.83. The van der Waals surface area contributed by atoms with E-state index in [-0.39, 0.29) is 5.91 Å². The molecule has 0 aromatic carbocycles. The van der Waals surface area contributed by atoms with Crippen LogP contribution in [-0.4, -0.2) is 45.5 Å². The lowest BCUT2D eigenvalue weighted by atomic mass is 10.0. The van der Waals surface area contributed by atoms with E-state index in [1.807, 2.05) is 33.0 Å². The molecule has 1 aliphatic rings. The van der Waals surface area contributed by atoms with Gasteiger partial charge in [0.05, 0.1) is 5.69 Å². The van der Waals surface area contributed by atoms with Crippen molar-refractivity contribution in [1.82, 2.24) is 25.3 Å². The van der Waals surface area contributed by atoms with E-state index in [0.717, 1.165) is 30.3 Å². The molecular formula is C15H20N6O. The van der Waals surface area contributed by atoms with Crippen LogP contribution in [0.1, 0.15) is 21.9 Å². The van der Waals surface area contributed by atoms with Gasteiger partial charge in [-0.3, -0.25) is 9.48 Å². The van der Waals surface area contributed by atoms with Crippen molar-refractivity contribution in [3.8, 4) is 0 Å². The van der Waals surface area contributed by atoms with Crippen LogP contribution in [0.4, 0.5) is 5.82 Å². The summed E-state index contributed by atoms with van der Waals surface area (Å²) in [5.41, 5.74) is 2.36. The van der Waals surface area contributed by atoms with Crippen LogP contribution >= 0.6 is 0 Å². The molecule has 0 atom stereocenters. The van der Waals surface area contributed by atoms with Crippen LogP contribution in [0.3, 0.4) is 0 Å². The minimum atomic E-state index is -0.114. The van der Waals surface area contributed by atoms with E-state index in [1.165, 1.54) is 0 Å². The zero-order valence-electron chi connectivity index (χ0n) is 13.1. The molecule has 1 N–H and O–H groups in total. The van der Waals surface area contributed by atoms with E-state index < -0.39 is 0 Å². The smallest absolute Gasteiger partial charge is 0.271 e. The second-order valence-corrected chi connectivity index (χ2v) is 5.81. The van der Waals surface area contributed by atoms with Crippen LogP contribution in [0.5, 0.6) is 0 Å². The van der Waals surface area contributed by atoms with E-state index in [2.05, 4.69) is 25.5 Å². The minimum absolute atomic E-state index is 0.114. The molecule has 0 aliphatic carbocycles. The van der Waals surface area contributed by atoms with Gasteiger partial charge in [0, 0.05) is 38.3 Å². The molecule has 0 spiro atoms. The summed E-state index contributed by atoms with van der Waals surface area (Å²) in [4.78, 5) is 14.2. The van der Waals surface area contributed by atoms with Gasteiger partial charge >= 0.3 is 0 Å². The molecule has 0 saturated carbocycles. The molecule has 1 fully saturated rings. The average molecular weight is 300 g/mol. The molecule has 3 heterocycles. The van der Waals surface area contributed by atoms with Gasteiger partial charge in [0.2, 0.25) is 0 Å². The number of carbonyl (C=O) groups is 1. The number of amides is 1. The molecule has 2 aromatic rings. The summed E-state index contributed by atoms with van der Waals surface area (Å²) in [5.74, 6) is 1.22. The summed E-state index contributed by atoms with van der Waals surface area (Å²) in [6.45, 7) is 6.28. The Morgan fingerprint density at radius 2 is 2.09 bits per heavy atom. The third-order valence-corrected chi connectivity index (χ3v) is 3.96. The van der Waals surface area contributed by atoms with Crippen molar-refractivity contribution in [2.24, 2.45) is 13.0 Å². The maximum Gasteiger partial charge on any atom is 0.271 e. The zero-order chi connectivity index (χ0) is 15.7. The van der Waals surface area contributed by atoms with Gasteiger partial charge in [-0.2, -0.15) is 10.2 Å². The van der Waals surface area contributed by atoms with E-state index in [9.17, 15) is 4.79 Å². The summed E-state index contributed by atoms with van der Waals surface area (Å²) in [6.07, 6.45) is 0. The van der Waals surface area contributed by atoms with Crippen LogP contribution in [0, 0.1) is 19.8 Å². The van der Waals surface area contributed by atoms with Gasteiger partial charge < -0.3 is 10.2 Å². The Morgan fingerprint density at radius 1 is 1.32 bits per heavy atom. The monoisotopic (exact) mass is 300 g/mol. The number of aromatic nitrogens is 4. The number of rotatable bonds is 4. The van der Waals surface area contributed by atoms with Gasteiger partial charge in [-0.1, -0.05) is 0 Å². The molecule has 116 valence electrons. The second-order valence-electron chi connectivity index (χ2n) is 5.81. The minimum Gasteiger partial charge on any atom is -0.354 e. The highest BCUT2D eigenvalue weighted by atomic mass is 16.1. The standard InChI is InChI=1S/C15H20N6O/c1-10-4-5-14(18-17-10)21-8-12(9-21)7-16-15(22)13-6-11(2)20(3)19-13/h4-6,12H,7-9H2,1-3H3,(H,16,22). The zero-order valence-corrected chi connectivity index (χ0v) is 13.1. The number of anilines is 1. The van der Waals surface area contributed by atoms with E-state index >= 15 is 0 Å². The molecule has 7 nitrogen and oxygen atoms in total. The summed E-state index contributed by atoms with van der Waals surface area (Å²) in [6, 6.07) is 5.74. The van der Waals surface area contributed by atoms with Crippen molar-refractivity contribution < 1.29 is 4.79 Å². The quantitative estimate of drug-likeness (QED) is 0.899. The summed E-state index contributed by atoms with van der Waals surface area (Å²) < 4.78 is 1.70. The summed E-state index contributed by atoms with van der Waals surface area (Å²) >= 11 is 0. The first-order valence-corrected chi connectivity index (χ1v) is 7.37. The molecule has 0 radical (unpaired) electrons. The lowest BCUT2D eigenvalue weighted by Crippen LogP contribution is -2.52. The number of carbonyl (C=O) groups excluding carboxylic acids is 1. The number of nitrogens with zero attached hydrogens (tertiary/aromatic N) is 5. The van der Waals surface area contributed by atoms with Crippen molar-refractivity contribution >= 4 is 11.7 Å². The van der Waals surface area contributed by atoms with Crippen molar-refractivity contribution in [2.45, 2.75) is 13.8 Å². The predicted octanol–water partition coefficient (Wildman–Crippen LogP) is 0.693. The molecule has 1 saturated heterocycles. The van der Waals surface area contributed by atoms with Crippen LogP contribution in [0.2, 0.25) is 0 Å². The Kier molecular flexibility index (Phi) is 3.79. The molecule has 7 heteroatoms. The first-order valence-electron chi connectivity index (χ1n) is 7.37. The van der Waals surface area contributed by atoms with Gasteiger partial charge in [-0.15, -0.1) is 5.10 Å². The molecule has 3 rings (SSSR count). The predicted molar refractivity (Wildman–Crippen MR) is 82.8 cm³/mol. The van der Waals surface area contributed by atoms with Gasteiger partial charge in [-0.05, 0) is 32.0 Å². The molecule has 2 aromatic heterocycles. The number of hydrogen-bond donors (Lipinski definition) is 1. The van der Waals surface area contributed by atoms with Crippen molar-refractivity contribution in [3.05, 3.63) is 35.3 Å². The number of nitrogens with one attached hydrogen (secondary N) is 1. The highest BCUT2D eigenvalue weighted by molar-refractivity contribution is 5.92. The van der Waals surface area contributed by atoms with Gasteiger partial charge in [0.15, 0.2) is 5.82 Å². The maximum atomic E-state index is 12.0. The first-order chi connectivity index (χ1) is 10.5. The highest BCUT2D eigenvalue weighted by Crippen LogP contribution is 2.21. The highest BCUT2D eigenvalue weighted by Gasteiger charge is 2.28. The maximum absolute atomic E-state index is 12.0. The van der Waals surface area contributed by atoms with Gasteiger partial charge in [0.1, 0.15) is 5.69 Å². The van der Waals surface area contributed by atoms with Gasteiger partial charge in [0.25, 0.3) is 5.91 Å². The molecule has 1 amide bonds. The Hall–Kier alpha value is -2.44. The molecular weight excluding hydrogens is 280 g/mol. The third-order valence-electron chi connectivity index (χ3n) is 3.96. The fraction of sp³-hybridized carbons (Fsp3) is 0.467. The Bertz CT molecular complexity index is 652. The topological polar surface area (TPSA) is 75.9 Å². The lowest BCUT2D eigenvalue weighted by Gasteiger charge is -2.39. The van der Waals surface area contributed by atoms with Crippen molar-refractivity contribution in [2.75, 3.05) is 24.5 Å². The van der Waals surface area contributed by atoms with Crippen molar-refractivity contribution in [1.29, 1.82) is 0 Å². The van der Waals surface area contributed by atoms with E-state index in [1.54, 1.807) is 10.7 Å². The number of aryl methyl sites for hydroxylation is 3. The SMILES string of the molecule is Cc1ccc(N2CC(CNC(=O)c3cc(C)n(C)n3)C2)nn1. The molecule has 0 unspecified atom stereocenters. The number of hydrogen-bond acceptors (Lipinski definition) is 5. The second kappa shape index (κ2) is 5.75. The lowest BCUT2D eigenvalue weighted by molar-refractivity contribution is 0.0938. The van der Waals surface area contributed by atoms with Crippen LogP contribution in [-0.2, 0) is 7.05 Å². The first kappa shape index (κ1) is 14.5. The van der Waals surface area contributed by atoms with Crippen LogP contribution in [0.25, 0.3) is 0 Å². The van der Waals surface area contributed by atoms with E-state index in [0.29, 0.717) is 18.2 Å². The Balaban J connectivity index is 1.46. The van der Waals surface area contributed by atoms with Gasteiger partial charge in [-0.25, -0.2) is 0 Å². The fourth-order valence-corrected chi connectivity index (χ4v) is 2.45. The van der Waals surface area contributed by atoms with E-state index in [4.69, 9.17) is 0 Å². The average Bonchev–Trinajstić information content (AvgIpc) is 2.79. The van der Waals surface area contributed by atoms with Crippen molar-refractivity contribution in [3.63, 3.8) is 0 Å². The molecule has 1 aliphatic heterocycles. The van der Waals surface area contributed by atoms with Crippen LogP contribution < -0.4 is 10.2 Å². The Labute approximate surface area is 129 Å². The summed E-state index contributed by atoms with van der Waals surface area (Å²) in [5, 5.41) is 15.3. The molecule has 0 bridgehead atoms. The molecule has 22 heavy (non-hydrogen) atoms. The Morgan fingerprint density at radius 3 is 2.68 bits per heavy atom. The van der Waals surface area contributed by atoms with Crippen LogP contribution in [0.15, 0.2) is 18.2 Å².